The predicted octanol–water partition coefficient (Wildman–Crippen LogP) is 1.43. The van der Waals surface area contributed by atoms with Gasteiger partial charge in [-0.3, -0.25) is 19.7 Å². The molecule has 24 heavy (non-hydrogen) atoms. The number of nitrogens with zero attached hydrogens (tertiary/aromatic N) is 1. The van der Waals surface area contributed by atoms with Gasteiger partial charge in [-0.05, 0) is 20.3 Å². The van der Waals surface area contributed by atoms with Crippen LogP contribution in [0.25, 0.3) is 0 Å². The smallest absolute Gasteiger partial charge is 0.341 e. The molecular formula is C15H18N2O6S. The molecule has 0 aliphatic carbocycles. The van der Waals surface area contributed by atoms with Gasteiger partial charge in [-0.1, -0.05) is 13.3 Å². The Morgan fingerprint density at radius 1 is 1.46 bits per heavy atom. The summed E-state index contributed by atoms with van der Waals surface area (Å²) in [5, 5.41) is 10.4. The Morgan fingerprint density at radius 3 is 2.62 bits per heavy atom. The van der Waals surface area contributed by atoms with Crippen molar-refractivity contribution in [1.29, 1.82) is 0 Å². The summed E-state index contributed by atoms with van der Waals surface area (Å²) < 4.78 is 17.9. The third-order valence-corrected chi connectivity index (χ3v) is 5.15. The maximum absolute atomic E-state index is 12.7. The summed E-state index contributed by atoms with van der Waals surface area (Å²) >= 11 is 0. The second-order valence-corrected chi connectivity index (χ2v) is 7.32. The number of allylic oxidation sites excluding steroid dienone is 3. The fourth-order valence-corrected chi connectivity index (χ4v) is 3.65. The van der Waals surface area contributed by atoms with Gasteiger partial charge in [0.2, 0.25) is 5.78 Å². The molecule has 0 aromatic carbocycles. The fraction of sp³-hybridized carbons (Fsp3) is 0.467. The molecule has 0 spiro atoms. The average molecular weight is 354 g/mol. The Hall–Kier alpha value is -2.29. The van der Waals surface area contributed by atoms with E-state index in [0.717, 1.165) is 12.5 Å². The van der Waals surface area contributed by atoms with Crippen LogP contribution in [0.1, 0.15) is 40.0 Å². The monoisotopic (exact) mass is 354 g/mol. The Labute approximate surface area is 141 Å². The van der Waals surface area contributed by atoms with Crippen LogP contribution in [-0.2, 0) is 25.1 Å². The quantitative estimate of drug-likeness (QED) is 0.449. The van der Waals surface area contributed by atoms with Crippen LogP contribution in [0.2, 0.25) is 0 Å². The minimum atomic E-state index is -2.23. The van der Waals surface area contributed by atoms with E-state index in [1.165, 1.54) is 13.8 Å². The van der Waals surface area contributed by atoms with Gasteiger partial charge in [-0.15, -0.1) is 0 Å². The van der Waals surface area contributed by atoms with E-state index >= 15 is 0 Å². The molecule has 2 aliphatic rings. The SMILES string of the molecule is CCCCC(=O)C(N)=C1C(=O)C(C)(C)OC2=C1S(=O)C([N+](=O)[O-])=C2. The van der Waals surface area contributed by atoms with Gasteiger partial charge >= 0.3 is 5.03 Å². The van der Waals surface area contributed by atoms with Crippen molar-refractivity contribution in [1.82, 2.24) is 0 Å². The number of ether oxygens (including phenoxy) is 1. The zero-order valence-electron chi connectivity index (χ0n) is 13.6. The second-order valence-electron chi connectivity index (χ2n) is 5.96. The first-order valence-corrected chi connectivity index (χ1v) is 8.56. The zero-order chi connectivity index (χ0) is 18.2. The Morgan fingerprint density at radius 2 is 2.08 bits per heavy atom. The molecule has 0 radical (unpaired) electrons. The van der Waals surface area contributed by atoms with Crippen LogP contribution in [-0.4, -0.2) is 26.3 Å². The zero-order valence-corrected chi connectivity index (χ0v) is 14.4. The molecule has 1 unspecified atom stereocenters. The van der Waals surface area contributed by atoms with Crippen molar-refractivity contribution in [2.24, 2.45) is 5.73 Å². The number of nitrogens with two attached hydrogens (primary N) is 1. The first-order chi connectivity index (χ1) is 11.1. The molecule has 0 fully saturated rings. The van der Waals surface area contributed by atoms with Crippen LogP contribution >= 0.6 is 0 Å². The molecule has 2 aliphatic heterocycles. The third kappa shape index (κ3) is 2.91. The number of carbonyl (C=O) groups is 2. The van der Waals surface area contributed by atoms with E-state index in [2.05, 4.69) is 0 Å². The highest BCUT2D eigenvalue weighted by Crippen LogP contribution is 2.41. The predicted molar refractivity (Wildman–Crippen MR) is 86.2 cm³/mol. The molecule has 0 aromatic rings. The van der Waals surface area contributed by atoms with E-state index in [-0.39, 0.29) is 28.4 Å². The molecule has 130 valence electrons. The van der Waals surface area contributed by atoms with Crippen molar-refractivity contribution in [2.45, 2.75) is 45.6 Å². The van der Waals surface area contributed by atoms with Gasteiger partial charge in [0.05, 0.1) is 22.3 Å². The fourth-order valence-electron chi connectivity index (χ4n) is 2.42. The van der Waals surface area contributed by atoms with E-state index in [4.69, 9.17) is 10.5 Å². The van der Waals surface area contributed by atoms with Gasteiger partial charge in [0.15, 0.2) is 22.2 Å². The number of hydrogen-bond donors (Lipinski definition) is 1. The molecule has 2 rings (SSSR count). The summed E-state index contributed by atoms with van der Waals surface area (Å²) in [6, 6.07) is 0. The highest BCUT2D eigenvalue weighted by Gasteiger charge is 2.49. The minimum Gasteiger partial charge on any atom is -0.478 e. The number of unbranched alkanes of at least 4 members (excludes halogenated alkanes) is 1. The number of hydrogen-bond acceptors (Lipinski definition) is 7. The number of ketones is 2. The van der Waals surface area contributed by atoms with Crippen LogP contribution in [0.5, 0.6) is 0 Å². The van der Waals surface area contributed by atoms with E-state index in [0.29, 0.717) is 6.42 Å². The lowest BCUT2D eigenvalue weighted by molar-refractivity contribution is -0.411. The van der Waals surface area contributed by atoms with E-state index in [9.17, 15) is 23.9 Å². The van der Waals surface area contributed by atoms with Gasteiger partial charge in [-0.2, -0.15) is 0 Å². The number of Topliss-reactive ketones (excluding diaryl/α,β-unsaturated/α-hetero) is 2. The molecule has 9 heteroatoms. The molecule has 0 saturated heterocycles. The van der Waals surface area contributed by atoms with Crippen molar-refractivity contribution in [3.8, 4) is 0 Å². The lowest BCUT2D eigenvalue weighted by Gasteiger charge is -2.31. The van der Waals surface area contributed by atoms with E-state index in [1.54, 1.807) is 0 Å². The number of nitro groups is 1. The van der Waals surface area contributed by atoms with Gasteiger partial charge < -0.3 is 10.5 Å². The molecule has 8 nitrogen and oxygen atoms in total. The van der Waals surface area contributed by atoms with Crippen molar-refractivity contribution in [2.75, 3.05) is 0 Å². The summed E-state index contributed by atoms with van der Waals surface area (Å²) in [5.74, 6) is -1.11. The summed E-state index contributed by atoms with van der Waals surface area (Å²) in [7, 11) is -2.23. The molecule has 0 aromatic heterocycles. The first-order valence-electron chi connectivity index (χ1n) is 7.41. The summed E-state index contributed by atoms with van der Waals surface area (Å²) in [6.45, 7) is 4.83. The lowest BCUT2D eigenvalue weighted by atomic mass is 9.90. The largest absolute Gasteiger partial charge is 0.478 e. The van der Waals surface area contributed by atoms with Gasteiger partial charge in [0, 0.05) is 6.42 Å². The number of carbonyl (C=O) groups excluding carboxylic acids is 2. The number of rotatable bonds is 5. The van der Waals surface area contributed by atoms with E-state index in [1.807, 2.05) is 6.92 Å². The molecule has 0 bridgehead atoms. The first kappa shape index (κ1) is 18.1. The molecule has 2 heterocycles. The van der Waals surface area contributed by atoms with Crippen molar-refractivity contribution >= 4 is 22.4 Å². The van der Waals surface area contributed by atoms with Crippen LogP contribution in [0, 0.1) is 10.1 Å². The van der Waals surface area contributed by atoms with Crippen molar-refractivity contribution < 1.29 is 23.5 Å². The lowest BCUT2D eigenvalue weighted by Crippen LogP contribution is -2.41. The van der Waals surface area contributed by atoms with Crippen LogP contribution < -0.4 is 5.73 Å². The van der Waals surface area contributed by atoms with Gasteiger partial charge in [0.1, 0.15) is 10.7 Å². The topological polar surface area (TPSA) is 130 Å². The summed E-state index contributed by atoms with van der Waals surface area (Å²) in [6.07, 6.45) is 2.52. The summed E-state index contributed by atoms with van der Waals surface area (Å²) in [4.78, 5) is 34.9. The Bertz CT molecular complexity index is 760. The highest BCUT2D eigenvalue weighted by atomic mass is 32.2. The van der Waals surface area contributed by atoms with Crippen LogP contribution in [0.4, 0.5) is 0 Å². The molecule has 0 amide bonds. The minimum absolute atomic E-state index is 0.0501. The maximum Gasteiger partial charge on any atom is 0.341 e. The summed E-state index contributed by atoms with van der Waals surface area (Å²) in [5.41, 5.74) is 3.97. The third-order valence-electron chi connectivity index (χ3n) is 3.73. The maximum atomic E-state index is 12.7. The highest BCUT2D eigenvalue weighted by molar-refractivity contribution is 7.93. The Kier molecular flexibility index (Phi) is 4.75. The molecular weight excluding hydrogens is 336 g/mol. The van der Waals surface area contributed by atoms with Gasteiger partial charge in [-0.25, -0.2) is 4.21 Å². The molecule has 0 saturated carbocycles. The normalized spacial score (nSPS) is 24.2. The molecule has 1 atom stereocenters. The standard InChI is InChI=1S/C15H18N2O6S/c1-4-5-6-8(18)12(16)11-13-9(23-15(2,3)14(11)19)7-10(17(20)21)24(13)22/h7H,4-6,16H2,1-3H3. The van der Waals surface area contributed by atoms with E-state index < -0.39 is 37.9 Å². The molecule has 2 N–H and O–H groups in total. The average Bonchev–Trinajstić information content (AvgIpc) is 2.81. The van der Waals surface area contributed by atoms with Crippen LogP contribution in [0.15, 0.2) is 33.0 Å². The van der Waals surface area contributed by atoms with Crippen LogP contribution in [0.3, 0.4) is 0 Å². The second kappa shape index (κ2) is 6.31. The van der Waals surface area contributed by atoms with Gasteiger partial charge in [0.25, 0.3) is 0 Å². The van der Waals surface area contributed by atoms with Crippen molar-refractivity contribution in [3.63, 3.8) is 0 Å². The Balaban J connectivity index is 2.59. The van der Waals surface area contributed by atoms with Crippen molar-refractivity contribution in [3.05, 3.63) is 43.2 Å².